The Balaban J connectivity index is 1.76. The number of carbonyl (C=O) groups is 1. The van der Waals surface area contributed by atoms with Gasteiger partial charge < -0.3 is 10.1 Å². The van der Waals surface area contributed by atoms with Crippen LogP contribution in [0.25, 0.3) is 0 Å². The van der Waals surface area contributed by atoms with E-state index < -0.39 is 6.04 Å². The summed E-state index contributed by atoms with van der Waals surface area (Å²) in [6.45, 7) is 0.481. The predicted molar refractivity (Wildman–Crippen MR) is 109 cm³/mol. The molecule has 0 spiro atoms. The van der Waals surface area contributed by atoms with Gasteiger partial charge in [-0.05, 0) is 41.5 Å². The first-order chi connectivity index (χ1) is 13.2. The summed E-state index contributed by atoms with van der Waals surface area (Å²) in [6, 6.07) is 24.0. The molecule has 138 valence electrons. The molecule has 2 N–H and O–H groups in total. The number of ether oxygens (including phenoxy) is 1. The van der Waals surface area contributed by atoms with Crippen LogP contribution in [0.1, 0.15) is 17.2 Å². The van der Waals surface area contributed by atoms with Crippen molar-refractivity contribution in [2.75, 3.05) is 12.4 Å². The Morgan fingerprint density at radius 1 is 0.963 bits per heavy atom. The monoisotopic (exact) mass is 380 g/mol. The summed E-state index contributed by atoms with van der Waals surface area (Å²) in [5.74, 6) is 0.600. The fraction of sp³-hybridized carbons (Fsp3) is 0.136. The number of halogens is 1. The van der Waals surface area contributed by atoms with Crippen LogP contribution in [-0.4, -0.2) is 13.0 Å². The molecule has 0 saturated carbocycles. The number of nitrogens with one attached hydrogen (secondary N) is 2. The fourth-order valence-corrected chi connectivity index (χ4v) is 2.95. The van der Waals surface area contributed by atoms with Crippen LogP contribution in [0.2, 0.25) is 5.02 Å². The standard InChI is InChI=1S/C22H21ClN2O2/c1-27-19-13-11-18(12-14-19)25-22(26)21(16-7-3-2-4-8-16)24-15-17-9-5-6-10-20(17)23/h2-14,21,24H,15H2,1H3,(H,25,26). The number of hydrogen-bond acceptors (Lipinski definition) is 3. The third kappa shape index (κ3) is 5.09. The minimum Gasteiger partial charge on any atom is -0.497 e. The van der Waals surface area contributed by atoms with E-state index in [2.05, 4.69) is 10.6 Å². The lowest BCUT2D eigenvalue weighted by atomic mass is 10.1. The minimum atomic E-state index is -0.510. The van der Waals surface area contributed by atoms with Crippen LogP contribution in [0.5, 0.6) is 5.75 Å². The quantitative estimate of drug-likeness (QED) is 0.618. The third-order valence-corrected chi connectivity index (χ3v) is 4.58. The average molecular weight is 381 g/mol. The second kappa shape index (κ2) is 9.21. The van der Waals surface area contributed by atoms with Crippen LogP contribution in [0.3, 0.4) is 0 Å². The molecular weight excluding hydrogens is 360 g/mol. The van der Waals surface area contributed by atoms with E-state index >= 15 is 0 Å². The first-order valence-corrected chi connectivity index (χ1v) is 9.02. The summed E-state index contributed by atoms with van der Waals surface area (Å²) in [4.78, 5) is 12.9. The predicted octanol–water partition coefficient (Wildman–Crippen LogP) is 4.82. The summed E-state index contributed by atoms with van der Waals surface area (Å²) < 4.78 is 5.15. The molecule has 5 heteroatoms. The first kappa shape index (κ1) is 19.0. The van der Waals surface area contributed by atoms with Crippen molar-refractivity contribution in [1.82, 2.24) is 5.32 Å². The molecule has 1 unspecified atom stereocenters. The molecule has 0 heterocycles. The highest BCUT2D eigenvalue weighted by molar-refractivity contribution is 6.31. The van der Waals surface area contributed by atoms with Crippen LogP contribution in [0.15, 0.2) is 78.9 Å². The van der Waals surface area contributed by atoms with Crippen LogP contribution in [-0.2, 0) is 11.3 Å². The van der Waals surface area contributed by atoms with Gasteiger partial charge in [0.05, 0.1) is 7.11 Å². The van der Waals surface area contributed by atoms with Crippen molar-refractivity contribution in [2.24, 2.45) is 0 Å². The van der Waals surface area contributed by atoms with Gasteiger partial charge in [-0.15, -0.1) is 0 Å². The molecule has 0 aromatic heterocycles. The molecule has 3 aromatic carbocycles. The summed E-state index contributed by atoms with van der Waals surface area (Å²) >= 11 is 6.24. The van der Waals surface area contributed by atoms with Gasteiger partial charge in [0.1, 0.15) is 11.8 Å². The van der Waals surface area contributed by atoms with Gasteiger partial charge in [-0.3, -0.25) is 10.1 Å². The van der Waals surface area contributed by atoms with Gasteiger partial charge >= 0.3 is 0 Å². The number of carbonyl (C=O) groups excluding carboxylic acids is 1. The maximum atomic E-state index is 12.9. The number of hydrogen-bond donors (Lipinski definition) is 2. The molecule has 0 bridgehead atoms. The van der Waals surface area contributed by atoms with Crippen molar-refractivity contribution >= 4 is 23.2 Å². The number of benzene rings is 3. The van der Waals surface area contributed by atoms with Crippen molar-refractivity contribution in [3.8, 4) is 5.75 Å². The molecule has 0 aliphatic heterocycles. The highest BCUT2D eigenvalue weighted by Gasteiger charge is 2.20. The maximum Gasteiger partial charge on any atom is 0.246 e. The van der Waals surface area contributed by atoms with Crippen molar-refractivity contribution in [1.29, 1.82) is 0 Å². The van der Waals surface area contributed by atoms with Gasteiger partial charge in [-0.2, -0.15) is 0 Å². The summed E-state index contributed by atoms with van der Waals surface area (Å²) in [7, 11) is 1.61. The molecule has 1 atom stereocenters. The Morgan fingerprint density at radius 2 is 1.63 bits per heavy atom. The Morgan fingerprint density at radius 3 is 2.30 bits per heavy atom. The third-order valence-electron chi connectivity index (χ3n) is 4.21. The van der Waals surface area contributed by atoms with Crippen LogP contribution in [0.4, 0.5) is 5.69 Å². The molecule has 4 nitrogen and oxygen atoms in total. The number of methoxy groups -OCH3 is 1. The zero-order valence-corrected chi connectivity index (χ0v) is 15.7. The van der Waals surface area contributed by atoms with E-state index in [4.69, 9.17) is 16.3 Å². The molecular formula is C22H21ClN2O2. The second-order valence-corrected chi connectivity index (χ2v) is 6.44. The Labute approximate surface area is 164 Å². The highest BCUT2D eigenvalue weighted by atomic mass is 35.5. The normalized spacial score (nSPS) is 11.6. The molecule has 0 saturated heterocycles. The number of anilines is 1. The van der Waals surface area contributed by atoms with Gasteiger partial charge in [-0.25, -0.2) is 0 Å². The lowest BCUT2D eigenvalue weighted by molar-refractivity contribution is -0.118. The van der Waals surface area contributed by atoms with Gasteiger partial charge in [0.2, 0.25) is 5.91 Å². The molecule has 27 heavy (non-hydrogen) atoms. The summed E-state index contributed by atoms with van der Waals surface area (Å²) in [6.07, 6.45) is 0. The van der Waals surface area contributed by atoms with Crippen LogP contribution < -0.4 is 15.4 Å². The zero-order valence-electron chi connectivity index (χ0n) is 15.0. The second-order valence-electron chi connectivity index (χ2n) is 6.03. The molecule has 0 fully saturated rings. The topological polar surface area (TPSA) is 50.4 Å². The smallest absolute Gasteiger partial charge is 0.246 e. The van der Waals surface area contributed by atoms with Gasteiger partial charge in [0.15, 0.2) is 0 Å². The minimum absolute atomic E-state index is 0.140. The van der Waals surface area contributed by atoms with E-state index in [1.165, 1.54) is 0 Å². The Bertz CT molecular complexity index is 882. The number of amides is 1. The van der Waals surface area contributed by atoms with E-state index in [1.807, 2.05) is 78.9 Å². The van der Waals surface area contributed by atoms with E-state index in [9.17, 15) is 4.79 Å². The Kier molecular flexibility index (Phi) is 6.47. The van der Waals surface area contributed by atoms with E-state index in [0.29, 0.717) is 17.3 Å². The van der Waals surface area contributed by atoms with Crippen LogP contribution in [0, 0.1) is 0 Å². The van der Waals surface area contributed by atoms with Gasteiger partial charge in [0.25, 0.3) is 0 Å². The lowest BCUT2D eigenvalue weighted by Gasteiger charge is -2.19. The zero-order chi connectivity index (χ0) is 19.1. The highest BCUT2D eigenvalue weighted by Crippen LogP contribution is 2.21. The SMILES string of the molecule is COc1ccc(NC(=O)C(NCc2ccccc2Cl)c2ccccc2)cc1. The summed E-state index contributed by atoms with van der Waals surface area (Å²) in [5, 5.41) is 6.94. The molecule has 3 aromatic rings. The van der Waals surface area contributed by atoms with Crippen molar-refractivity contribution in [3.05, 3.63) is 95.0 Å². The van der Waals surface area contributed by atoms with E-state index in [0.717, 1.165) is 16.9 Å². The fourth-order valence-electron chi connectivity index (χ4n) is 2.75. The molecule has 0 radical (unpaired) electrons. The van der Waals surface area contributed by atoms with Crippen molar-refractivity contribution < 1.29 is 9.53 Å². The largest absolute Gasteiger partial charge is 0.497 e. The van der Waals surface area contributed by atoms with Crippen molar-refractivity contribution in [3.63, 3.8) is 0 Å². The molecule has 0 aliphatic rings. The first-order valence-electron chi connectivity index (χ1n) is 8.64. The van der Waals surface area contributed by atoms with Crippen LogP contribution >= 0.6 is 11.6 Å². The number of rotatable bonds is 7. The lowest BCUT2D eigenvalue weighted by Crippen LogP contribution is -2.32. The maximum absolute atomic E-state index is 12.9. The average Bonchev–Trinajstić information content (AvgIpc) is 2.71. The molecule has 1 amide bonds. The van der Waals surface area contributed by atoms with Crippen molar-refractivity contribution in [2.45, 2.75) is 12.6 Å². The van der Waals surface area contributed by atoms with Gasteiger partial charge in [0, 0.05) is 17.3 Å². The van der Waals surface area contributed by atoms with E-state index in [-0.39, 0.29) is 5.91 Å². The molecule has 3 rings (SSSR count). The van der Waals surface area contributed by atoms with Gasteiger partial charge in [-0.1, -0.05) is 60.1 Å². The summed E-state index contributed by atoms with van der Waals surface area (Å²) in [5.41, 5.74) is 2.54. The molecule has 0 aliphatic carbocycles. The Hall–Kier alpha value is -2.82. The van der Waals surface area contributed by atoms with E-state index in [1.54, 1.807) is 7.11 Å².